The molecule has 0 saturated heterocycles. The van der Waals surface area contributed by atoms with Gasteiger partial charge in [-0.25, -0.2) is 8.42 Å². The van der Waals surface area contributed by atoms with Crippen LogP contribution in [0.3, 0.4) is 0 Å². The van der Waals surface area contributed by atoms with Crippen LogP contribution in [0.15, 0.2) is 28.7 Å². The van der Waals surface area contributed by atoms with E-state index in [1.807, 2.05) is 31.2 Å². The smallest absolute Gasteiger partial charge is 0.147 e. The van der Waals surface area contributed by atoms with Gasteiger partial charge < -0.3 is 5.73 Å². The van der Waals surface area contributed by atoms with Gasteiger partial charge in [-0.2, -0.15) is 0 Å². The molecule has 0 aliphatic heterocycles. The molecule has 0 amide bonds. The first-order valence-electron chi connectivity index (χ1n) is 5.44. The van der Waals surface area contributed by atoms with Gasteiger partial charge in [0.1, 0.15) is 9.84 Å². The molecule has 0 fully saturated rings. The van der Waals surface area contributed by atoms with Crippen LogP contribution in [-0.4, -0.2) is 20.4 Å². The highest BCUT2D eigenvalue weighted by molar-refractivity contribution is 9.10. The minimum Gasteiger partial charge on any atom is -0.322 e. The largest absolute Gasteiger partial charge is 0.322 e. The molecular weight excluding hydrogens is 302 g/mol. The second kappa shape index (κ2) is 5.50. The van der Waals surface area contributed by atoms with Crippen LogP contribution < -0.4 is 5.73 Å². The Kier molecular flexibility index (Phi) is 4.75. The SMILES string of the molecule is CC(N)(CCCS(C)(=O)=O)c1ccccc1Br. The van der Waals surface area contributed by atoms with Crippen LogP contribution in [-0.2, 0) is 15.4 Å². The Morgan fingerprint density at radius 2 is 1.94 bits per heavy atom. The van der Waals surface area contributed by atoms with E-state index in [-0.39, 0.29) is 5.75 Å². The minimum atomic E-state index is -2.91. The van der Waals surface area contributed by atoms with Gasteiger partial charge in [-0.05, 0) is 31.4 Å². The van der Waals surface area contributed by atoms with E-state index in [1.165, 1.54) is 6.26 Å². The Balaban J connectivity index is 2.72. The highest BCUT2D eigenvalue weighted by Crippen LogP contribution is 2.29. The van der Waals surface area contributed by atoms with E-state index >= 15 is 0 Å². The van der Waals surface area contributed by atoms with Crippen LogP contribution in [0, 0.1) is 0 Å². The normalized spacial score (nSPS) is 15.5. The van der Waals surface area contributed by atoms with Crippen molar-refractivity contribution in [1.82, 2.24) is 0 Å². The minimum absolute atomic E-state index is 0.185. The Morgan fingerprint density at radius 3 is 2.47 bits per heavy atom. The topological polar surface area (TPSA) is 60.2 Å². The van der Waals surface area contributed by atoms with Crippen molar-refractivity contribution in [3.05, 3.63) is 34.3 Å². The lowest BCUT2D eigenvalue weighted by Gasteiger charge is -2.26. The van der Waals surface area contributed by atoms with E-state index in [9.17, 15) is 8.42 Å². The lowest BCUT2D eigenvalue weighted by Crippen LogP contribution is -2.33. The summed E-state index contributed by atoms with van der Waals surface area (Å²) < 4.78 is 23.1. The van der Waals surface area contributed by atoms with Gasteiger partial charge in [0.15, 0.2) is 0 Å². The predicted octanol–water partition coefficient (Wildman–Crippen LogP) is 2.45. The Hall–Kier alpha value is -0.390. The third kappa shape index (κ3) is 4.77. The van der Waals surface area contributed by atoms with Crippen molar-refractivity contribution < 1.29 is 8.42 Å². The number of benzene rings is 1. The summed E-state index contributed by atoms with van der Waals surface area (Å²) in [5, 5.41) is 0. The number of rotatable bonds is 5. The molecule has 1 atom stereocenters. The molecule has 0 aliphatic carbocycles. The zero-order chi connectivity index (χ0) is 13.1. The van der Waals surface area contributed by atoms with E-state index < -0.39 is 15.4 Å². The van der Waals surface area contributed by atoms with Crippen molar-refractivity contribution in [2.75, 3.05) is 12.0 Å². The molecule has 1 rings (SSSR count). The fourth-order valence-electron chi connectivity index (χ4n) is 1.76. The summed E-state index contributed by atoms with van der Waals surface area (Å²) in [5.41, 5.74) is 6.74. The van der Waals surface area contributed by atoms with Crippen LogP contribution in [0.25, 0.3) is 0 Å². The fraction of sp³-hybridized carbons (Fsp3) is 0.500. The molecule has 3 nitrogen and oxygen atoms in total. The zero-order valence-electron chi connectivity index (χ0n) is 10.1. The number of sulfone groups is 1. The molecule has 0 saturated carbocycles. The third-order valence-corrected chi connectivity index (χ3v) is 4.42. The summed E-state index contributed by atoms with van der Waals surface area (Å²) in [5.74, 6) is 0.185. The predicted molar refractivity (Wildman–Crippen MR) is 74.6 cm³/mol. The Labute approximate surface area is 111 Å². The van der Waals surface area contributed by atoms with Crippen molar-refractivity contribution in [1.29, 1.82) is 0 Å². The van der Waals surface area contributed by atoms with E-state index in [1.54, 1.807) is 0 Å². The molecule has 2 N–H and O–H groups in total. The van der Waals surface area contributed by atoms with E-state index in [4.69, 9.17) is 5.73 Å². The van der Waals surface area contributed by atoms with E-state index in [2.05, 4.69) is 15.9 Å². The van der Waals surface area contributed by atoms with Crippen molar-refractivity contribution in [3.8, 4) is 0 Å². The quantitative estimate of drug-likeness (QED) is 0.906. The first-order valence-corrected chi connectivity index (χ1v) is 8.29. The van der Waals surface area contributed by atoms with Crippen molar-refractivity contribution in [3.63, 3.8) is 0 Å². The maximum Gasteiger partial charge on any atom is 0.147 e. The van der Waals surface area contributed by atoms with Crippen molar-refractivity contribution in [2.45, 2.75) is 25.3 Å². The highest BCUT2D eigenvalue weighted by Gasteiger charge is 2.23. The molecule has 1 aromatic rings. The second-order valence-electron chi connectivity index (χ2n) is 4.63. The average molecular weight is 320 g/mol. The average Bonchev–Trinajstić information content (AvgIpc) is 2.15. The van der Waals surface area contributed by atoms with Crippen LogP contribution in [0.2, 0.25) is 0 Å². The molecule has 96 valence electrons. The number of nitrogens with two attached hydrogens (primary N) is 1. The van der Waals surface area contributed by atoms with Crippen LogP contribution in [0.5, 0.6) is 0 Å². The summed E-state index contributed by atoms with van der Waals surface area (Å²) in [7, 11) is -2.91. The Bertz CT molecular complexity index is 483. The van der Waals surface area contributed by atoms with Gasteiger partial charge >= 0.3 is 0 Å². The summed E-state index contributed by atoms with van der Waals surface area (Å²) in [6.07, 6.45) is 2.47. The van der Waals surface area contributed by atoms with Gasteiger partial charge in [0, 0.05) is 22.0 Å². The number of hydrogen-bond acceptors (Lipinski definition) is 3. The van der Waals surface area contributed by atoms with E-state index in [0.29, 0.717) is 12.8 Å². The standard InChI is InChI=1S/C12H18BrNO2S/c1-12(14,8-5-9-17(2,15)16)10-6-3-4-7-11(10)13/h3-4,6-7H,5,8-9,14H2,1-2H3. The van der Waals surface area contributed by atoms with Crippen molar-refractivity contribution in [2.24, 2.45) is 5.73 Å². The molecule has 17 heavy (non-hydrogen) atoms. The molecule has 0 radical (unpaired) electrons. The van der Waals surface area contributed by atoms with Gasteiger partial charge in [0.25, 0.3) is 0 Å². The molecule has 1 unspecified atom stereocenters. The molecule has 0 aromatic heterocycles. The molecule has 1 aromatic carbocycles. The van der Waals surface area contributed by atoms with Gasteiger partial charge in [0.2, 0.25) is 0 Å². The first-order chi connectivity index (χ1) is 7.72. The number of hydrogen-bond donors (Lipinski definition) is 1. The highest BCUT2D eigenvalue weighted by atomic mass is 79.9. The summed E-state index contributed by atoms with van der Waals surface area (Å²) in [4.78, 5) is 0. The lowest BCUT2D eigenvalue weighted by atomic mass is 9.89. The zero-order valence-corrected chi connectivity index (χ0v) is 12.5. The third-order valence-electron chi connectivity index (χ3n) is 2.70. The molecule has 0 bridgehead atoms. The summed E-state index contributed by atoms with van der Waals surface area (Å²) in [6.45, 7) is 1.93. The lowest BCUT2D eigenvalue weighted by molar-refractivity contribution is 0.444. The maximum absolute atomic E-state index is 11.1. The van der Waals surface area contributed by atoms with Crippen molar-refractivity contribution >= 4 is 25.8 Å². The fourth-order valence-corrected chi connectivity index (χ4v) is 3.17. The maximum atomic E-state index is 11.1. The summed E-state index contributed by atoms with van der Waals surface area (Å²) >= 11 is 3.47. The van der Waals surface area contributed by atoms with Gasteiger partial charge in [-0.3, -0.25) is 0 Å². The first kappa shape index (κ1) is 14.7. The van der Waals surface area contributed by atoms with E-state index in [0.717, 1.165) is 10.0 Å². The summed E-state index contributed by atoms with van der Waals surface area (Å²) in [6, 6.07) is 7.77. The van der Waals surface area contributed by atoms with Gasteiger partial charge in [0.05, 0.1) is 0 Å². The molecule has 0 heterocycles. The Morgan fingerprint density at radius 1 is 1.35 bits per heavy atom. The molecule has 5 heteroatoms. The van der Waals surface area contributed by atoms with Crippen LogP contribution >= 0.6 is 15.9 Å². The molecular formula is C12H18BrNO2S. The molecule has 0 aliphatic rings. The van der Waals surface area contributed by atoms with Crippen LogP contribution in [0.1, 0.15) is 25.3 Å². The molecule has 0 spiro atoms. The van der Waals surface area contributed by atoms with Crippen LogP contribution in [0.4, 0.5) is 0 Å². The van der Waals surface area contributed by atoms with Gasteiger partial charge in [-0.1, -0.05) is 34.1 Å². The van der Waals surface area contributed by atoms with Gasteiger partial charge in [-0.15, -0.1) is 0 Å². The monoisotopic (exact) mass is 319 g/mol. The number of halogens is 1. The second-order valence-corrected chi connectivity index (χ2v) is 7.74.